The number of non-ortho nitro benzene ring substituents is 1. The molecule has 4 rings (SSSR count). The number of aromatic nitrogens is 2. The third-order valence-electron chi connectivity index (χ3n) is 5.27. The van der Waals surface area contributed by atoms with Crippen LogP contribution in [0.15, 0.2) is 47.3 Å². The summed E-state index contributed by atoms with van der Waals surface area (Å²) in [4.78, 5) is 55.5. The van der Waals surface area contributed by atoms with Gasteiger partial charge in [0.05, 0.1) is 42.4 Å². The van der Waals surface area contributed by atoms with E-state index in [1.807, 2.05) is 0 Å². The monoisotopic (exact) mass is 480 g/mol. The Morgan fingerprint density at radius 2 is 1.89 bits per heavy atom. The molecule has 0 saturated carbocycles. The molecule has 2 heterocycles. The number of amides is 2. The summed E-state index contributed by atoms with van der Waals surface area (Å²) in [6.45, 7) is 0. The maximum Gasteiger partial charge on any atom is 0.273 e. The Morgan fingerprint density at radius 3 is 2.54 bits per heavy atom. The third kappa shape index (κ3) is 4.88. The number of fused-ring (bicyclic) bond motifs is 1. The summed E-state index contributed by atoms with van der Waals surface area (Å²) in [5.41, 5.74) is -0.0849. The highest BCUT2D eigenvalue weighted by molar-refractivity contribution is 6.05. The predicted molar refractivity (Wildman–Crippen MR) is 125 cm³/mol. The lowest BCUT2D eigenvalue weighted by Crippen LogP contribution is -2.36. The topological polar surface area (TPSA) is 178 Å². The Morgan fingerprint density at radius 1 is 1.14 bits per heavy atom. The number of hydrogen-bond acceptors (Lipinski definition) is 9. The molecule has 0 radical (unpaired) electrons. The number of nitro groups is 1. The summed E-state index contributed by atoms with van der Waals surface area (Å²) in [7, 11) is 2.84. The number of benzene rings is 2. The van der Waals surface area contributed by atoms with Crippen LogP contribution in [0.25, 0.3) is 0 Å². The van der Waals surface area contributed by atoms with E-state index >= 15 is 0 Å². The van der Waals surface area contributed by atoms with E-state index in [2.05, 4.69) is 25.9 Å². The minimum Gasteiger partial charge on any atom is -0.497 e. The number of anilines is 4. The number of ether oxygens (including phenoxy) is 2. The molecule has 13 nitrogen and oxygen atoms in total. The van der Waals surface area contributed by atoms with Gasteiger partial charge in [-0.05, 0) is 30.3 Å². The van der Waals surface area contributed by atoms with Crippen LogP contribution >= 0.6 is 0 Å². The lowest BCUT2D eigenvalue weighted by Gasteiger charge is -2.24. The number of carbonyl (C=O) groups is 2. The molecule has 2 amide bonds. The number of nitro benzene ring substituents is 1. The van der Waals surface area contributed by atoms with Gasteiger partial charge >= 0.3 is 0 Å². The van der Waals surface area contributed by atoms with Crippen molar-refractivity contribution in [2.75, 3.05) is 30.2 Å². The molecule has 3 aromatic rings. The molecule has 4 N–H and O–H groups in total. The number of hydrogen-bond donors (Lipinski definition) is 4. The first kappa shape index (κ1) is 23.2. The molecule has 1 unspecified atom stereocenters. The van der Waals surface area contributed by atoms with Crippen LogP contribution in [0.4, 0.5) is 28.8 Å². The molecule has 0 aliphatic carbocycles. The van der Waals surface area contributed by atoms with Crippen molar-refractivity contribution in [3.8, 4) is 11.5 Å². The predicted octanol–water partition coefficient (Wildman–Crippen LogP) is 2.50. The normalized spacial score (nSPS) is 14.3. The minimum atomic E-state index is -1.15. The highest BCUT2D eigenvalue weighted by Crippen LogP contribution is 2.33. The second kappa shape index (κ2) is 9.51. The Labute approximate surface area is 197 Å². The van der Waals surface area contributed by atoms with Gasteiger partial charge in [0, 0.05) is 18.2 Å². The van der Waals surface area contributed by atoms with Crippen LogP contribution in [0.5, 0.6) is 11.5 Å². The number of methoxy groups -OCH3 is 2. The van der Waals surface area contributed by atoms with E-state index in [1.54, 1.807) is 24.3 Å². The van der Waals surface area contributed by atoms with Crippen LogP contribution in [-0.2, 0) is 9.59 Å². The van der Waals surface area contributed by atoms with Crippen molar-refractivity contribution in [3.63, 3.8) is 0 Å². The van der Waals surface area contributed by atoms with Gasteiger partial charge in [0.15, 0.2) is 0 Å². The van der Waals surface area contributed by atoms with Crippen molar-refractivity contribution < 1.29 is 24.0 Å². The largest absolute Gasteiger partial charge is 0.497 e. The van der Waals surface area contributed by atoms with Crippen LogP contribution in [0.3, 0.4) is 0 Å². The van der Waals surface area contributed by atoms with Gasteiger partial charge in [0.1, 0.15) is 17.3 Å². The highest BCUT2D eigenvalue weighted by atomic mass is 16.6. The SMILES string of the molecule is COc1ccc(Nc2nc3c(c(=O)[nH]2)C(C(=O)Nc2ccc([N+](=O)[O-])cc2OC)CC(=O)N3)cc1. The molecule has 0 spiro atoms. The number of H-pyrrole nitrogens is 1. The number of nitrogens with zero attached hydrogens (tertiary/aromatic N) is 2. The Kier molecular flexibility index (Phi) is 6.31. The van der Waals surface area contributed by atoms with Gasteiger partial charge in [-0.15, -0.1) is 0 Å². The summed E-state index contributed by atoms with van der Waals surface area (Å²) in [6.07, 6.45) is -0.288. The number of nitrogens with one attached hydrogen (secondary N) is 4. The lowest BCUT2D eigenvalue weighted by molar-refractivity contribution is -0.384. The average molecular weight is 480 g/mol. The first-order valence-corrected chi connectivity index (χ1v) is 10.3. The van der Waals surface area contributed by atoms with E-state index in [0.29, 0.717) is 11.4 Å². The fourth-order valence-corrected chi connectivity index (χ4v) is 3.58. The van der Waals surface area contributed by atoms with Crippen LogP contribution in [0.1, 0.15) is 17.9 Å². The van der Waals surface area contributed by atoms with Gasteiger partial charge in [-0.3, -0.25) is 29.5 Å². The van der Waals surface area contributed by atoms with E-state index in [1.165, 1.54) is 26.4 Å². The Bertz CT molecular complexity index is 1370. The average Bonchev–Trinajstić information content (AvgIpc) is 2.83. The molecule has 180 valence electrons. The van der Waals surface area contributed by atoms with E-state index in [-0.39, 0.29) is 40.9 Å². The molecule has 0 fully saturated rings. The fourth-order valence-electron chi connectivity index (χ4n) is 3.58. The molecular formula is C22H20N6O7. The molecule has 1 aliphatic rings. The fraction of sp³-hybridized carbons (Fsp3) is 0.182. The summed E-state index contributed by atoms with van der Waals surface area (Å²) in [5.74, 6) is -1.59. The summed E-state index contributed by atoms with van der Waals surface area (Å²) in [6, 6.07) is 10.5. The summed E-state index contributed by atoms with van der Waals surface area (Å²) >= 11 is 0. The van der Waals surface area contributed by atoms with Crippen LogP contribution < -0.4 is 31.0 Å². The van der Waals surface area contributed by atoms with Crippen LogP contribution in [-0.4, -0.2) is 40.9 Å². The Hall–Kier alpha value is -4.94. The number of aromatic amines is 1. The zero-order valence-corrected chi connectivity index (χ0v) is 18.6. The van der Waals surface area contributed by atoms with Crippen molar-refractivity contribution in [1.29, 1.82) is 0 Å². The van der Waals surface area contributed by atoms with Crippen molar-refractivity contribution >= 4 is 40.6 Å². The molecule has 0 saturated heterocycles. The van der Waals surface area contributed by atoms with E-state index in [4.69, 9.17) is 9.47 Å². The smallest absolute Gasteiger partial charge is 0.273 e. The van der Waals surface area contributed by atoms with Crippen LogP contribution in [0, 0.1) is 10.1 Å². The van der Waals surface area contributed by atoms with Gasteiger partial charge in [-0.2, -0.15) is 4.98 Å². The molecule has 0 bridgehead atoms. The molecule has 2 aromatic carbocycles. The van der Waals surface area contributed by atoms with E-state index < -0.39 is 28.2 Å². The van der Waals surface area contributed by atoms with E-state index in [9.17, 15) is 24.5 Å². The maximum absolute atomic E-state index is 13.1. The second-order valence-electron chi connectivity index (χ2n) is 7.47. The molecular weight excluding hydrogens is 460 g/mol. The first-order valence-electron chi connectivity index (χ1n) is 10.3. The molecule has 1 aromatic heterocycles. The van der Waals surface area contributed by atoms with E-state index in [0.717, 1.165) is 6.07 Å². The summed E-state index contributed by atoms with van der Waals surface area (Å²) < 4.78 is 10.2. The lowest BCUT2D eigenvalue weighted by atomic mass is 9.92. The zero-order chi connectivity index (χ0) is 25.1. The third-order valence-corrected chi connectivity index (χ3v) is 5.27. The van der Waals surface area contributed by atoms with Crippen molar-refractivity contribution in [2.45, 2.75) is 12.3 Å². The summed E-state index contributed by atoms with van der Waals surface area (Å²) in [5, 5.41) is 19.0. The van der Waals surface area contributed by atoms with Gasteiger partial charge in [-0.1, -0.05) is 0 Å². The quantitative estimate of drug-likeness (QED) is 0.292. The van der Waals surface area contributed by atoms with Crippen LogP contribution in [0.2, 0.25) is 0 Å². The van der Waals surface area contributed by atoms with Gasteiger partial charge in [0.25, 0.3) is 11.2 Å². The molecule has 1 aliphatic heterocycles. The number of carbonyl (C=O) groups excluding carboxylic acids is 2. The number of rotatable bonds is 7. The minimum absolute atomic E-state index is 0.0109. The maximum atomic E-state index is 13.1. The van der Waals surface area contributed by atoms with Gasteiger partial charge in [0.2, 0.25) is 17.8 Å². The van der Waals surface area contributed by atoms with Crippen molar-refractivity contribution in [2.24, 2.45) is 0 Å². The highest BCUT2D eigenvalue weighted by Gasteiger charge is 2.35. The first-order chi connectivity index (χ1) is 16.8. The van der Waals surface area contributed by atoms with Gasteiger partial charge in [-0.25, -0.2) is 0 Å². The standard InChI is InChI=1S/C22H20N6O7/c1-34-13-6-3-11(4-7-13)23-22-26-19-18(21(31)27-22)14(10-17(29)25-19)20(30)24-15-8-5-12(28(32)33)9-16(15)35-2/h3-9,14H,10H2,1-2H3,(H,24,30)(H3,23,25,26,27,29,31). The molecule has 1 atom stereocenters. The van der Waals surface area contributed by atoms with Crippen molar-refractivity contribution in [1.82, 2.24) is 9.97 Å². The molecule has 35 heavy (non-hydrogen) atoms. The second-order valence-corrected chi connectivity index (χ2v) is 7.47. The Balaban J connectivity index is 1.61. The van der Waals surface area contributed by atoms with Gasteiger partial charge < -0.3 is 25.4 Å². The zero-order valence-electron chi connectivity index (χ0n) is 18.6. The molecule has 13 heteroatoms. The van der Waals surface area contributed by atoms with Crippen molar-refractivity contribution in [3.05, 3.63) is 68.5 Å².